The van der Waals surface area contributed by atoms with E-state index in [-0.39, 0.29) is 29.7 Å². The Kier molecular flexibility index (Phi) is 9.90. The fourth-order valence-corrected chi connectivity index (χ4v) is 3.96. The molecule has 8 heteroatoms. The van der Waals surface area contributed by atoms with Crippen molar-refractivity contribution in [1.82, 2.24) is 20.1 Å². The molecule has 1 aliphatic rings. The summed E-state index contributed by atoms with van der Waals surface area (Å²) < 4.78 is 19.4. The number of likely N-dealkylation sites (N-methyl/N-ethyl adjacent to an activating group) is 1. The number of carbonyl (C=O) groups excluding carboxylic acids is 2. The van der Waals surface area contributed by atoms with Crippen molar-refractivity contribution in [3.05, 3.63) is 78.1 Å². The Labute approximate surface area is 212 Å². The Bertz CT molecular complexity index is 1100. The molecule has 0 aliphatic carbocycles. The van der Waals surface area contributed by atoms with Gasteiger partial charge in [-0.2, -0.15) is 0 Å². The number of amides is 1. The molecule has 1 amide bonds. The average Bonchev–Trinajstić information content (AvgIpc) is 3.42. The molecule has 2 atom stereocenters. The molecule has 1 N–H and O–H groups in total. The first-order valence-electron chi connectivity index (χ1n) is 12.2. The first-order chi connectivity index (χ1) is 17.3. The van der Waals surface area contributed by atoms with E-state index in [0.717, 1.165) is 29.7 Å². The molecule has 1 fully saturated rings. The fraction of sp³-hybridized carbons (Fsp3) is 0.393. The van der Waals surface area contributed by atoms with Gasteiger partial charge in [0.25, 0.3) is 0 Å². The molecular formula is C28H35FN4O3. The van der Waals surface area contributed by atoms with Crippen LogP contribution in [0.2, 0.25) is 0 Å². The summed E-state index contributed by atoms with van der Waals surface area (Å²) in [6.07, 6.45) is 5.40. The Morgan fingerprint density at radius 3 is 2.56 bits per heavy atom. The maximum absolute atomic E-state index is 14.0. The number of hydrogen-bond acceptors (Lipinski definition) is 6. The lowest BCUT2D eigenvalue weighted by Gasteiger charge is -2.43. The van der Waals surface area contributed by atoms with Gasteiger partial charge in [0, 0.05) is 55.5 Å². The van der Waals surface area contributed by atoms with Crippen LogP contribution < -0.4 is 5.32 Å². The van der Waals surface area contributed by atoms with Gasteiger partial charge < -0.3 is 14.5 Å². The van der Waals surface area contributed by atoms with Crippen molar-refractivity contribution in [2.45, 2.75) is 45.9 Å². The molecule has 2 aromatic heterocycles. The van der Waals surface area contributed by atoms with Gasteiger partial charge in [-0.05, 0) is 37.7 Å². The molecule has 3 aromatic rings. The number of nitrogens with zero attached hydrogens (tertiary/aromatic N) is 3. The van der Waals surface area contributed by atoms with Crippen molar-refractivity contribution in [2.24, 2.45) is 5.92 Å². The lowest BCUT2D eigenvalue weighted by molar-refractivity contribution is -0.130. The van der Waals surface area contributed by atoms with Crippen LogP contribution in [0, 0.1) is 11.7 Å². The van der Waals surface area contributed by atoms with Gasteiger partial charge in [-0.25, -0.2) is 4.39 Å². The Morgan fingerprint density at radius 1 is 1.22 bits per heavy atom. The SMILES string of the molecule is CC(C)C=O.CC1CN(Cc2ccncc2F)CC(C(=O)NCc2ccc(-c3ccco3)cc2)N1C. The molecule has 1 saturated heterocycles. The van der Waals surface area contributed by atoms with E-state index in [0.29, 0.717) is 25.2 Å². The number of furan rings is 1. The summed E-state index contributed by atoms with van der Waals surface area (Å²) in [6.45, 7) is 8.03. The summed E-state index contributed by atoms with van der Waals surface area (Å²) in [7, 11) is 1.97. The maximum atomic E-state index is 14.0. The van der Waals surface area contributed by atoms with Gasteiger partial charge >= 0.3 is 0 Å². The number of hydrogen-bond donors (Lipinski definition) is 1. The molecular weight excluding hydrogens is 459 g/mol. The second-order valence-corrected chi connectivity index (χ2v) is 9.46. The Morgan fingerprint density at radius 2 is 1.94 bits per heavy atom. The average molecular weight is 495 g/mol. The summed E-state index contributed by atoms with van der Waals surface area (Å²) in [5.41, 5.74) is 2.62. The van der Waals surface area contributed by atoms with Crippen LogP contribution in [-0.4, -0.2) is 59.2 Å². The van der Waals surface area contributed by atoms with Crippen LogP contribution in [0.4, 0.5) is 4.39 Å². The summed E-state index contributed by atoms with van der Waals surface area (Å²) in [5, 5.41) is 3.05. The maximum Gasteiger partial charge on any atom is 0.238 e. The van der Waals surface area contributed by atoms with Crippen LogP contribution in [-0.2, 0) is 22.7 Å². The molecule has 0 bridgehead atoms. The van der Waals surface area contributed by atoms with E-state index in [1.165, 1.54) is 6.20 Å². The number of benzene rings is 1. The minimum atomic E-state index is -0.312. The summed E-state index contributed by atoms with van der Waals surface area (Å²) in [4.78, 5) is 30.5. The predicted molar refractivity (Wildman–Crippen MR) is 137 cm³/mol. The molecule has 0 saturated carbocycles. The smallest absolute Gasteiger partial charge is 0.238 e. The number of pyridine rings is 1. The van der Waals surface area contributed by atoms with Gasteiger partial charge in [0.05, 0.1) is 12.5 Å². The lowest BCUT2D eigenvalue weighted by Crippen LogP contribution is -2.60. The molecule has 1 aliphatic heterocycles. The Hall–Kier alpha value is -3.36. The largest absolute Gasteiger partial charge is 0.464 e. The highest BCUT2D eigenvalue weighted by atomic mass is 19.1. The van der Waals surface area contributed by atoms with Crippen molar-refractivity contribution in [2.75, 3.05) is 20.1 Å². The first kappa shape index (κ1) is 27.2. The molecule has 7 nitrogen and oxygen atoms in total. The second kappa shape index (κ2) is 13.1. The molecule has 2 unspecified atom stereocenters. The molecule has 0 spiro atoms. The topological polar surface area (TPSA) is 78.7 Å². The lowest BCUT2D eigenvalue weighted by atomic mass is 10.1. The van der Waals surface area contributed by atoms with E-state index >= 15 is 0 Å². The molecule has 192 valence electrons. The minimum absolute atomic E-state index is 0.0237. The Balaban J connectivity index is 0.000000658. The van der Waals surface area contributed by atoms with E-state index in [2.05, 4.69) is 27.0 Å². The number of piperazine rings is 1. The van der Waals surface area contributed by atoms with Gasteiger partial charge in [-0.3, -0.25) is 19.6 Å². The molecule has 3 heterocycles. The van der Waals surface area contributed by atoms with Crippen LogP contribution in [0.25, 0.3) is 11.3 Å². The number of nitrogens with one attached hydrogen (secondary N) is 1. The van der Waals surface area contributed by atoms with E-state index in [4.69, 9.17) is 4.42 Å². The van der Waals surface area contributed by atoms with Gasteiger partial charge in [0.15, 0.2) is 0 Å². The van der Waals surface area contributed by atoms with Crippen LogP contribution in [0.15, 0.2) is 65.5 Å². The van der Waals surface area contributed by atoms with E-state index < -0.39 is 0 Å². The van der Waals surface area contributed by atoms with Crippen molar-refractivity contribution in [3.8, 4) is 11.3 Å². The van der Waals surface area contributed by atoms with Crippen molar-refractivity contribution >= 4 is 12.2 Å². The zero-order valence-corrected chi connectivity index (χ0v) is 21.4. The summed E-state index contributed by atoms with van der Waals surface area (Å²) >= 11 is 0. The number of carbonyl (C=O) groups is 2. The number of halogens is 1. The van der Waals surface area contributed by atoms with Crippen molar-refractivity contribution < 1.29 is 18.4 Å². The molecule has 1 aromatic carbocycles. The van der Waals surface area contributed by atoms with E-state index in [9.17, 15) is 14.0 Å². The van der Waals surface area contributed by atoms with Gasteiger partial charge in [0.1, 0.15) is 23.9 Å². The standard InChI is InChI=1S/C24H27FN4O2.C4H8O/c1-17-14-29(15-20-9-10-26-13-21(20)25)16-22(28(17)2)24(30)27-12-18-5-7-19(8-6-18)23-4-3-11-31-23;1-4(2)3-5/h3-11,13,17,22H,12,14-16H2,1-2H3,(H,27,30);3-4H,1-2H3. The second-order valence-electron chi connectivity index (χ2n) is 9.46. The third kappa shape index (κ3) is 7.57. The van der Waals surface area contributed by atoms with Crippen molar-refractivity contribution in [1.29, 1.82) is 0 Å². The van der Waals surface area contributed by atoms with E-state index in [1.807, 2.05) is 57.3 Å². The fourth-order valence-electron chi connectivity index (χ4n) is 3.96. The molecule has 36 heavy (non-hydrogen) atoms. The third-order valence-electron chi connectivity index (χ3n) is 6.19. The van der Waals surface area contributed by atoms with Gasteiger partial charge in [-0.1, -0.05) is 38.1 Å². The highest BCUT2D eigenvalue weighted by Crippen LogP contribution is 2.21. The first-order valence-corrected chi connectivity index (χ1v) is 12.2. The van der Waals surface area contributed by atoms with Crippen LogP contribution >= 0.6 is 0 Å². The van der Waals surface area contributed by atoms with Gasteiger partial charge in [0.2, 0.25) is 5.91 Å². The zero-order chi connectivity index (χ0) is 26.1. The molecule has 4 rings (SSSR count). The highest BCUT2D eigenvalue weighted by molar-refractivity contribution is 5.82. The van der Waals surface area contributed by atoms with E-state index in [1.54, 1.807) is 18.5 Å². The monoisotopic (exact) mass is 494 g/mol. The van der Waals surface area contributed by atoms with Gasteiger partial charge in [-0.15, -0.1) is 0 Å². The van der Waals surface area contributed by atoms with Crippen molar-refractivity contribution in [3.63, 3.8) is 0 Å². The predicted octanol–water partition coefficient (Wildman–Crippen LogP) is 4.14. The highest BCUT2D eigenvalue weighted by Gasteiger charge is 2.34. The quantitative estimate of drug-likeness (QED) is 0.498. The summed E-state index contributed by atoms with van der Waals surface area (Å²) in [6, 6.07) is 13.3. The summed E-state index contributed by atoms with van der Waals surface area (Å²) in [5.74, 6) is 0.687. The minimum Gasteiger partial charge on any atom is -0.464 e. The zero-order valence-electron chi connectivity index (χ0n) is 21.4. The third-order valence-corrected chi connectivity index (χ3v) is 6.19. The number of aromatic nitrogens is 1. The number of rotatable bonds is 7. The van der Waals surface area contributed by atoms with Crippen LogP contribution in [0.5, 0.6) is 0 Å². The van der Waals surface area contributed by atoms with Crippen LogP contribution in [0.3, 0.4) is 0 Å². The molecule has 0 radical (unpaired) electrons. The number of aldehydes is 1. The normalized spacial score (nSPS) is 18.4. The van der Waals surface area contributed by atoms with Crippen LogP contribution in [0.1, 0.15) is 31.9 Å².